The number of para-hydroxylation sites is 2. The number of likely N-dealkylation sites (N-methyl/N-ethyl adjacent to an activating group) is 1. The second kappa shape index (κ2) is 4.33. The number of rotatable bonds is 2. The van der Waals surface area contributed by atoms with Gasteiger partial charge in [0, 0.05) is 14.1 Å². The summed E-state index contributed by atoms with van der Waals surface area (Å²) in [6.45, 7) is 1.86. The summed E-state index contributed by atoms with van der Waals surface area (Å²) in [6, 6.07) is 7.49. The molecule has 1 heterocycles. The van der Waals surface area contributed by atoms with Crippen molar-refractivity contribution < 1.29 is 4.79 Å². The molecule has 90 valence electrons. The largest absolute Gasteiger partial charge is 0.347 e. The van der Waals surface area contributed by atoms with Crippen LogP contribution in [0, 0.1) is 4.77 Å². The highest BCUT2D eigenvalue weighted by Crippen LogP contribution is 2.19. The van der Waals surface area contributed by atoms with Crippen molar-refractivity contribution in [2.75, 3.05) is 14.1 Å². The normalized spacial score (nSPS) is 12.6. The molecule has 1 N–H and O–H groups in total. The summed E-state index contributed by atoms with van der Waals surface area (Å²) in [6.07, 6.45) is 0. The zero-order chi connectivity index (χ0) is 12.6. The van der Waals surface area contributed by atoms with Gasteiger partial charge in [0.15, 0.2) is 4.77 Å². The van der Waals surface area contributed by atoms with Crippen molar-refractivity contribution in [1.82, 2.24) is 14.5 Å². The molecule has 1 aromatic heterocycles. The van der Waals surface area contributed by atoms with E-state index in [1.807, 2.05) is 35.8 Å². The minimum absolute atomic E-state index is 0.0332. The van der Waals surface area contributed by atoms with E-state index >= 15 is 0 Å². The highest BCUT2D eigenvalue weighted by atomic mass is 32.1. The Bertz CT molecular complexity index is 611. The van der Waals surface area contributed by atoms with Crippen LogP contribution in [0.1, 0.15) is 13.0 Å². The molecule has 0 bridgehead atoms. The van der Waals surface area contributed by atoms with Crippen molar-refractivity contribution in [3.05, 3.63) is 29.0 Å². The number of aromatic nitrogens is 2. The quantitative estimate of drug-likeness (QED) is 0.830. The van der Waals surface area contributed by atoms with Crippen LogP contribution in [0.25, 0.3) is 11.0 Å². The second-order valence-corrected chi connectivity index (χ2v) is 4.61. The molecular weight excluding hydrogens is 234 g/mol. The summed E-state index contributed by atoms with van der Waals surface area (Å²) in [7, 11) is 3.49. The molecule has 0 saturated heterocycles. The van der Waals surface area contributed by atoms with Gasteiger partial charge in [-0.2, -0.15) is 0 Å². The minimum atomic E-state index is -0.298. The summed E-state index contributed by atoms with van der Waals surface area (Å²) in [5.41, 5.74) is 1.91. The summed E-state index contributed by atoms with van der Waals surface area (Å²) in [5, 5.41) is 0. The van der Waals surface area contributed by atoms with Gasteiger partial charge < -0.3 is 14.5 Å². The monoisotopic (exact) mass is 249 g/mol. The Balaban J connectivity index is 2.59. The molecule has 0 aliphatic carbocycles. The molecule has 1 amide bonds. The fourth-order valence-electron chi connectivity index (χ4n) is 1.94. The number of nitrogens with one attached hydrogen (secondary N) is 1. The van der Waals surface area contributed by atoms with E-state index in [9.17, 15) is 4.79 Å². The third-order valence-electron chi connectivity index (χ3n) is 2.81. The summed E-state index contributed by atoms with van der Waals surface area (Å²) < 4.78 is 2.43. The van der Waals surface area contributed by atoms with Crippen LogP contribution < -0.4 is 0 Å². The number of fused-ring (bicyclic) bond motifs is 1. The van der Waals surface area contributed by atoms with Crippen LogP contribution in [0.3, 0.4) is 0 Å². The molecular formula is C12H15N3OS. The standard InChI is InChI=1S/C12H15N3OS/c1-8(11(16)14(2)3)15-10-7-5-4-6-9(10)13-12(15)17/h4-8H,1-3H3,(H,13,17). The molecule has 0 saturated carbocycles. The first kappa shape index (κ1) is 11.9. The van der Waals surface area contributed by atoms with E-state index in [0.29, 0.717) is 4.77 Å². The molecule has 0 fully saturated rings. The number of hydrogen-bond acceptors (Lipinski definition) is 2. The lowest BCUT2D eigenvalue weighted by atomic mass is 10.2. The summed E-state index contributed by atoms with van der Waals surface area (Å²) >= 11 is 5.27. The predicted octanol–water partition coefficient (Wildman–Crippen LogP) is 2.35. The lowest BCUT2D eigenvalue weighted by Gasteiger charge is -2.18. The van der Waals surface area contributed by atoms with Gasteiger partial charge in [-0.05, 0) is 31.3 Å². The predicted molar refractivity (Wildman–Crippen MR) is 70.5 cm³/mol. The van der Waals surface area contributed by atoms with Gasteiger partial charge in [-0.15, -0.1) is 0 Å². The Morgan fingerprint density at radius 2 is 2.06 bits per heavy atom. The highest BCUT2D eigenvalue weighted by molar-refractivity contribution is 7.71. The number of imidazole rings is 1. The minimum Gasteiger partial charge on any atom is -0.347 e. The molecule has 1 unspecified atom stereocenters. The molecule has 1 atom stereocenters. The third kappa shape index (κ3) is 1.98. The molecule has 4 nitrogen and oxygen atoms in total. The Hall–Kier alpha value is -1.62. The molecule has 0 spiro atoms. The fourth-order valence-corrected chi connectivity index (χ4v) is 2.31. The number of carbonyl (C=O) groups excluding carboxylic acids is 1. The summed E-state index contributed by atoms with van der Waals surface area (Å²) in [5.74, 6) is 0.0332. The van der Waals surface area contributed by atoms with Crippen molar-refractivity contribution in [3.8, 4) is 0 Å². The first-order chi connectivity index (χ1) is 8.02. The van der Waals surface area contributed by atoms with E-state index in [2.05, 4.69) is 4.98 Å². The summed E-state index contributed by atoms with van der Waals surface area (Å²) in [4.78, 5) is 16.7. The second-order valence-electron chi connectivity index (χ2n) is 4.23. The van der Waals surface area contributed by atoms with Gasteiger partial charge in [-0.1, -0.05) is 12.1 Å². The van der Waals surface area contributed by atoms with Gasteiger partial charge >= 0.3 is 0 Å². The van der Waals surface area contributed by atoms with Crippen LogP contribution in [-0.4, -0.2) is 34.5 Å². The molecule has 2 aromatic rings. The number of nitrogens with zero attached hydrogens (tertiary/aromatic N) is 2. The van der Waals surface area contributed by atoms with Crippen LogP contribution in [0.5, 0.6) is 0 Å². The number of hydrogen-bond donors (Lipinski definition) is 1. The lowest BCUT2D eigenvalue weighted by Crippen LogP contribution is -2.29. The van der Waals surface area contributed by atoms with Gasteiger partial charge in [-0.25, -0.2) is 0 Å². The number of benzene rings is 1. The Labute approximate surface area is 105 Å². The van der Waals surface area contributed by atoms with Gasteiger partial charge in [0.1, 0.15) is 6.04 Å². The van der Waals surface area contributed by atoms with E-state index in [4.69, 9.17) is 12.2 Å². The van der Waals surface area contributed by atoms with E-state index in [0.717, 1.165) is 11.0 Å². The first-order valence-corrected chi connectivity index (χ1v) is 5.83. The number of carbonyl (C=O) groups is 1. The zero-order valence-corrected chi connectivity index (χ0v) is 10.9. The van der Waals surface area contributed by atoms with Crippen LogP contribution in [-0.2, 0) is 4.79 Å². The SMILES string of the molecule is CC(C(=O)N(C)C)n1c(=S)[nH]c2ccccc21. The van der Waals surface area contributed by atoms with Crippen molar-refractivity contribution in [1.29, 1.82) is 0 Å². The number of H-pyrrole nitrogens is 1. The molecule has 0 aliphatic rings. The maximum absolute atomic E-state index is 12.0. The van der Waals surface area contributed by atoms with Gasteiger partial charge in [0.25, 0.3) is 0 Å². The Morgan fingerprint density at radius 1 is 1.41 bits per heavy atom. The van der Waals surface area contributed by atoms with Gasteiger partial charge in [-0.3, -0.25) is 4.79 Å². The van der Waals surface area contributed by atoms with E-state index in [-0.39, 0.29) is 11.9 Å². The van der Waals surface area contributed by atoms with Crippen molar-refractivity contribution in [3.63, 3.8) is 0 Å². The van der Waals surface area contributed by atoms with Crippen LogP contribution in [0.2, 0.25) is 0 Å². The zero-order valence-electron chi connectivity index (χ0n) is 10.1. The van der Waals surface area contributed by atoms with E-state index < -0.39 is 0 Å². The lowest BCUT2D eigenvalue weighted by molar-refractivity contribution is -0.131. The van der Waals surface area contributed by atoms with Gasteiger partial charge in [0.2, 0.25) is 5.91 Å². The molecule has 17 heavy (non-hydrogen) atoms. The average molecular weight is 249 g/mol. The first-order valence-electron chi connectivity index (χ1n) is 5.43. The Morgan fingerprint density at radius 3 is 2.71 bits per heavy atom. The smallest absolute Gasteiger partial charge is 0.244 e. The third-order valence-corrected chi connectivity index (χ3v) is 3.11. The van der Waals surface area contributed by atoms with E-state index in [1.165, 1.54) is 0 Å². The molecule has 0 radical (unpaired) electrons. The Kier molecular flexibility index (Phi) is 3.02. The number of aromatic amines is 1. The molecule has 2 rings (SSSR count). The van der Waals surface area contributed by atoms with Crippen molar-refractivity contribution in [2.24, 2.45) is 0 Å². The van der Waals surface area contributed by atoms with Crippen LogP contribution in [0.15, 0.2) is 24.3 Å². The van der Waals surface area contributed by atoms with Crippen LogP contribution >= 0.6 is 12.2 Å². The van der Waals surface area contributed by atoms with Crippen LogP contribution in [0.4, 0.5) is 0 Å². The topological polar surface area (TPSA) is 41.0 Å². The average Bonchev–Trinajstić information content (AvgIpc) is 2.62. The van der Waals surface area contributed by atoms with E-state index in [1.54, 1.807) is 19.0 Å². The highest BCUT2D eigenvalue weighted by Gasteiger charge is 2.19. The van der Waals surface area contributed by atoms with Crippen molar-refractivity contribution in [2.45, 2.75) is 13.0 Å². The molecule has 0 aliphatic heterocycles. The van der Waals surface area contributed by atoms with Crippen molar-refractivity contribution >= 4 is 29.2 Å². The molecule has 5 heteroatoms. The maximum Gasteiger partial charge on any atom is 0.244 e. The fraction of sp³-hybridized carbons (Fsp3) is 0.333. The molecule has 1 aromatic carbocycles. The maximum atomic E-state index is 12.0. The number of amides is 1. The van der Waals surface area contributed by atoms with Gasteiger partial charge in [0.05, 0.1) is 11.0 Å².